The second kappa shape index (κ2) is 10.0. The first-order valence-corrected chi connectivity index (χ1v) is 10.2. The van der Waals surface area contributed by atoms with Crippen LogP contribution in [0.2, 0.25) is 0 Å². The highest BCUT2D eigenvalue weighted by molar-refractivity contribution is 5.97. The van der Waals surface area contributed by atoms with Gasteiger partial charge in [0, 0.05) is 13.1 Å². The molecule has 10 heteroatoms. The van der Waals surface area contributed by atoms with Crippen LogP contribution in [0.15, 0.2) is 42.5 Å². The summed E-state index contributed by atoms with van der Waals surface area (Å²) in [6, 6.07) is 9.91. The van der Waals surface area contributed by atoms with Gasteiger partial charge in [-0.1, -0.05) is 36.4 Å². The maximum atomic E-state index is 14.2. The van der Waals surface area contributed by atoms with Crippen LogP contribution in [0.25, 0.3) is 11.1 Å². The Labute approximate surface area is 187 Å². The number of halogens is 4. The summed E-state index contributed by atoms with van der Waals surface area (Å²) in [5.41, 5.74) is 1.40. The molecule has 3 rings (SSSR count). The molecule has 0 aromatic heterocycles. The molecular weight excluding hydrogens is 444 g/mol. The molecule has 0 spiro atoms. The fraction of sp³-hybridized carbons (Fsp3) is 0.348. The van der Waals surface area contributed by atoms with E-state index in [0.29, 0.717) is 29.5 Å². The van der Waals surface area contributed by atoms with Crippen LogP contribution < -0.4 is 5.32 Å². The summed E-state index contributed by atoms with van der Waals surface area (Å²) in [5.74, 6) is -3.15. The second-order valence-corrected chi connectivity index (χ2v) is 7.61. The SMILES string of the molecule is COC(=O)c1c(F)cccc1-c1ccc(CNC(=O)C2CCCN2C(=O)CC(F)(F)F)cc1. The smallest absolute Gasteiger partial charge is 0.397 e. The number of methoxy groups -OCH3 is 1. The van der Waals surface area contributed by atoms with E-state index >= 15 is 0 Å². The summed E-state index contributed by atoms with van der Waals surface area (Å²) in [7, 11) is 1.16. The highest BCUT2D eigenvalue weighted by atomic mass is 19.4. The lowest BCUT2D eigenvalue weighted by Gasteiger charge is -2.24. The Morgan fingerprint density at radius 1 is 1.12 bits per heavy atom. The van der Waals surface area contributed by atoms with Gasteiger partial charge >= 0.3 is 12.1 Å². The predicted molar refractivity (Wildman–Crippen MR) is 110 cm³/mol. The molecule has 1 heterocycles. The van der Waals surface area contributed by atoms with Gasteiger partial charge in [0.1, 0.15) is 23.8 Å². The monoisotopic (exact) mass is 466 g/mol. The van der Waals surface area contributed by atoms with Crippen LogP contribution in [0, 0.1) is 5.82 Å². The lowest BCUT2D eigenvalue weighted by Crippen LogP contribution is -2.46. The van der Waals surface area contributed by atoms with Crippen molar-refractivity contribution >= 4 is 17.8 Å². The molecule has 0 bridgehead atoms. The quantitative estimate of drug-likeness (QED) is 0.519. The zero-order valence-electron chi connectivity index (χ0n) is 17.7. The standard InChI is InChI=1S/C23H22F4N2O4/c1-33-22(32)20-16(4-2-5-17(20)24)15-9-7-14(8-10-15)13-28-21(31)18-6-3-11-29(18)19(30)12-23(25,26)27/h2,4-5,7-10,18H,3,6,11-13H2,1H3,(H,28,31). The van der Waals surface area contributed by atoms with Crippen molar-refractivity contribution in [2.24, 2.45) is 0 Å². The van der Waals surface area contributed by atoms with Gasteiger partial charge < -0.3 is 15.0 Å². The lowest BCUT2D eigenvalue weighted by molar-refractivity contribution is -0.163. The number of benzene rings is 2. The van der Waals surface area contributed by atoms with Gasteiger partial charge in [-0.3, -0.25) is 9.59 Å². The Hall–Kier alpha value is -3.43. The number of likely N-dealkylation sites (tertiary alicyclic amines) is 1. The minimum atomic E-state index is -4.63. The molecule has 0 saturated carbocycles. The second-order valence-electron chi connectivity index (χ2n) is 7.61. The van der Waals surface area contributed by atoms with Crippen molar-refractivity contribution < 1.29 is 36.7 Å². The van der Waals surface area contributed by atoms with E-state index in [-0.39, 0.29) is 18.7 Å². The molecule has 33 heavy (non-hydrogen) atoms. The van der Waals surface area contributed by atoms with E-state index in [1.807, 2.05) is 0 Å². The molecule has 2 aromatic rings. The highest BCUT2D eigenvalue weighted by Gasteiger charge is 2.39. The molecule has 1 aliphatic heterocycles. The average molecular weight is 466 g/mol. The summed E-state index contributed by atoms with van der Waals surface area (Å²) in [6.45, 7) is 0.196. The summed E-state index contributed by atoms with van der Waals surface area (Å²) >= 11 is 0. The number of rotatable bonds is 6. The lowest BCUT2D eigenvalue weighted by atomic mass is 9.98. The van der Waals surface area contributed by atoms with Crippen LogP contribution >= 0.6 is 0 Å². The van der Waals surface area contributed by atoms with Gasteiger partial charge in [-0.05, 0) is 35.6 Å². The first kappa shape index (κ1) is 24.2. The fourth-order valence-electron chi connectivity index (χ4n) is 3.79. The van der Waals surface area contributed by atoms with Crippen molar-refractivity contribution in [3.63, 3.8) is 0 Å². The minimum absolute atomic E-state index is 0.0872. The number of hydrogen-bond donors (Lipinski definition) is 1. The number of alkyl halides is 3. The predicted octanol–water partition coefficient (Wildman–Crippen LogP) is 3.84. The molecule has 1 unspecified atom stereocenters. The summed E-state index contributed by atoms with van der Waals surface area (Å²) < 4.78 is 56.4. The van der Waals surface area contributed by atoms with Gasteiger partial charge in [-0.2, -0.15) is 13.2 Å². The third-order valence-electron chi connectivity index (χ3n) is 5.36. The Morgan fingerprint density at radius 3 is 2.45 bits per heavy atom. The number of carbonyl (C=O) groups excluding carboxylic acids is 3. The molecule has 2 amide bonds. The van der Waals surface area contributed by atoms with Crippen LogP contribution in [0.4, 0.5) is 17.6 Å². The molecule has 1 N–H and O–H groups in total. The Kier molecular flexibility index (Phi) is 7.35. The largest absolute Gasteiger partial charge is 0.465 e. The fourth-order valence-corrected chi connectivity index (χ4v) is 3.79. The molecule has 2 aromatic carbocycles. The summed E-state index contributed by atoms with van der Waals surface area (Å²) in [5, 5.41) is 2.65. The van der Waals surface area contributed by atoms with Crippen molar-refractivity contribution in [2.45, 2.75) is 38.0 Å². The molecule has 1 saturated heterocycles. The van der Waals surface area contributed by atoms with Gasteiger partial charge in [-0.15, -0.1) is 0 Å². The number of hydrogen-bond acceptors (Lipinski definition) is 4. The van der Waals surface area contributed by atoms with Crippen molar-refractivity contribution in [1.82, 2.24) is 10.2 Å². The highest BCUT2D eigenvalue weighted by Crippen LogP contribution is 2.27. The van der Waals surface area contributed by atoms with Crippen molar-refractivity contribution in [2.75, 3.05) is 13.7 Å². The van der Waals surface area contributed by atoms with Crippen LogP contribution in [0.3, 0.4) is 0 Å². The summed E-state index contributed by atoms with van der Waals surface area (Å²) in [6.07, 6.45) is -5.47. The van der Waals surface area contributed by atoms with Gasteiger partial charge in [0.05, 0.1) is 7.11 Å². The summed E-state index contributed by atoms with van der Waals surface area (Å²) in [4.78, 5) is 37.3. The molecule has 6 nitrogen and oxygen atoms in total. The number of nitrogens with zero attached hydrogens (tertiary/aromatic N) is 1. The van der Waals surface area contributed by atoms with Gasteiger partial charge in [-0.25, -0.2) is 9.18 Å². The van der Waals surface area contributed by atoms with E-state index in [1.54, 1.807) is 30.3 Å². The number of carbonyl (C=O) groups is 3. The topological polar surface area (TPSA) is 75.7 Å². The molecule has 1 fully saturated rings. The van der Waals surface area contributed by atoms with Gasteiger partial charge in [0.2, 0.25) is 11.8 Å². The van der Waals surface area contributed by atoms with E-state index in [2.05, 4.69) is 10.1 Å². The molecule has 176 valence electrons. The van der Waals surface area contributed by atoms with Crippen LogP contribution in [-0.2, 0) is 20.9 Å². The Balaban J connectivity index is 1.66. The zero-order valence-corrected chi connectivity index (χ0v) is 17.7. The minimum Gasteiger partial charge on any atom is -0.465 e. The number of amides is 2. The third-order valence-corrected chi connectivity index (χ3v) is 5.36. The van der Waals surface area contributed by atoms with Crippen molar-refractivity contribution in [3.05, 3.63) is 59.4 Å². The van der Waals surface area contributed by atoms with Gasteiger partial charge in [0.25, 0.3) is 0 Å². The normalized spacial score (nSPS) is 15.9. The average Bonchev–Trinajstić information content (AvgIpc) is 3.26. The van der Waals surface area contributed by atoms with Gasteiger partial charge in [0.15, 0.2) is 0 Å². The Morgan fingerprint density at radius 2 is 1.82 bits per heavy atom. The van der Waals surface area contributed by atoms with Crippen molar-refractivity contribution in [1.29, 1.82) is 0 Å². The number of esters is 1. The number of nitrogens with one attached hydrogen (secondary N) is 1. The van der Waals surface area contributed by atoms with Crippen LogP contribution in [0.5, 0.6) is 0 Å². The Bertz CT molecular complexity index is 1040. The molecule has 0 aliphatic carbocycles. The molecular formula is C23H22F4N2O4. The molecule has 0 radical (unpaired) electrons. The van der Waals surface area contributed by atoms with E-state index in [9.17, 15) is 31.9 Å². The maximum Gasteiger partial charge on any atom is 0.397 e. The third kappa shape index (κ3) is 5.88. The first-order valence-electron chi connectivity index (χ1n) is 10.2. The molecule has 1 atom stereocenters. The van der Waals surface area contributed by atoms with Crippen LogP contribution in [0.1, 0.15) is 35.2 Å². The zero-order chi connectivity index (χ0) is 24.2. The van der Waals surface area contributed by atoms with E-state index in [1.165, 1.54) is 6.07 Å². The van der Waals surface area contributed by atoms with E-state index < -0.39 is 42.2 Å². The first-order chi connectivity index (χ1) is 15.6. The van der Waals surface area contributed by atoms with E-state index in [0.717, 1.165) is 18.1 Å². The van der Waals surface area contributed by atoms with Crippen LogP contribution in [-0.4, -0.2) is 48.6 Å². The molecule has 1 aliphatic rings. The number of ether oxygens (including phenoxy) is 1. The van der Waals surface area contributed by atoms with E-state index in [4.69, 9.17) is 0 Å². The maximum absolute atomic E-state index is 14.2. The van der Waals surface area contributed by atoms with Crippen molar-refractivity contribution in [3.8, 4) is 11.1 Å².